The van der Waals surface area contributed by atoms with Crippen molar-refractivity contribution in [3.63, 3.8) is 0 Å². The Morgan fingerprint density at radius 3 is 2.33 bits per heavy atom. The molecule has 3 nitrogen and oxygen atoms in total. The van der Waals surface area contributed by atoms with E-state index in [1.807, 2.05) is 13.8 Å². The lowest BCUT2D eigenvalue weighted by Gasteiger charge is -2.39. The lowest BCUT2D eigenvalue weighted by molar-refractivity contribution is -0.154. The Hall–Kier alpha value is -0.570. The number of carbonyl (C=O) groups is 1. The van der Waals surface area contributed by atoms with Gasteiger partial charge in [-0.3, -0.25) is 4.79 Å². The first-order valence-corrected chi connectivity index (χ1v) is 4.47. The van der Waals surface area contributed by atoms with E-state index in [4.69, 9.17) is 4.74 Å². The maximum Gasteiger partial charge on any atom is 0.252 e. The highest BCUT2D eigenvalue weighted by molar-refractivity contribution is 5.86. The van der Waals surface area contributed by atoms with Crippen LogP contribution in [0.25, 0.3) is 0 Å². The Morgan fingerprint density at radius 2 is 2.08 bits per heavy atom. The van der Waals surface area contributed by atoms with Crippen LogP contribution in [0.3, 0.4) is 0 Å². The molecule has 1 amide bonds. The molecule has 1 fully saturated rings. The van der Waals surface area contributed by atoms with Crippen LogP contribution in [0.15, 0.2) is 0 Å². The number of carbonyl (C=O) groups excluding carboxylic acids is 1. The standard InChI is InChI=1S/C9H17NO2/c1-7(2)10-8(11)9(12-3)5-4-6-9/h7H,4-6H2,1-3H3,(H,10,11). The van der Waals surface area contributed by atoms with E-state index in [2.05, 4.69) is 5.32 Å². The number of hydrogen-bond donors (Lipinski definition) is 1. The zero-order valence-electron chi connectivity index (χ0n) is 8.02. The van der Waals surface area contributed by atoms with Crippen molar-refractivity contribution in [3.05, 3.63) is 0 Å². The van der Waals surface area contributed by atoms with E-state index in [9.17, 15) is 4.79 Å². The van der Waals surface area contributed by atoms with Gasteiger partial charge in [0.05, 0.1) is 0 Å². The van der Waals surface area contributed by atoms with Gasteiger partial charge in [-0.1, -0.05) is 0 Å². The molecular weight excluding hydrogens is 154 g/mol. The summed E-state index contributed by atoms with van der Waals surface area (Å²) in [6, 6.07) is 0.199. The van der Waals surface area contributed by atoms with Crippen LogP contribution in [0, 0.1) is 0 Å². The van der Waals surface area contributed by atoms with Crippen LogP contribution in [0.2, 0.25) is 0 Å². The number of methoxy groups -OCH3 is 1. The van der Waals surface area contributed by atoms with Crippen LogP contribution in [0.4, 0.5) is 0 Å². The van der Waals surface area contributed by atoms with Crippen molar-refractivity contribution in [2.24, 2.45) is 0 Å². The van der Waals surface area contributed by atoms with Crippen molar-refractivity contribution in [2.75, 3.05) is 7.11 Å². The molecule has 0 atom stereocenters. The minimum absolute atomic E-state index is 0.0475. The lowest BCUT2D eigenvalue weighted by atomic mass is 9.79. The SMILES string of the molecule is COC1(C(=O)NC(C)C)CCC1. The molecule has 70 valence electrons. The zero-order valence-corrected chi connectivity index (χ0v) is 8.02. The van der Waals surface area contributed by atoms with Crippen LogP contribution in [-0.4, -0.2) is 24.7 Å². The molecule has 1 saturated carbocycles. The monoisotopic (exact) mass is 171 g/mol. The molecule has 1 aliphatic carbocycles. The molecule has 0 heterocycles. The lowest BCUT2D eigenvalue weighted by Crippen LogP contribution is -2.54. The summed E-state index contributed by atoms with van der Waals surface area (Å²) in [6.45, 7) is 3.92. The Balaban J connectivity index is 2.49. The van der Waals surface area contributed by atoms with E-state index in [0.29, 0.717) is 0 Å². The van der Waals surface area contributed by atoms with E-state index in [-0.39, 0.29) is 11.9 Å². The summed E-state index contributed by atoms with van der Waals surface area (Å²) in [7, 11) is 1.61. The van der Waals surface area contributed by atoms with Gasteiger partial charge in [0, 0.05) is 13.2 Å². The number of nitrogens with one attached hydrogen (secondary N) is 1. The van der Waals surface area contributed by atoms with Crippen molar-refractivity contribution >= 4 is 5.91 Å². The molecule has 0 unspecified atom stereocenters. The van der Waals surface area contributed by atoms with Gasteiger partial charge >= 0.3 is 0 Å². The van der Waals surface area contributed by atoms with Gasteiger partial charge in [-0.25, -0.2) is 0 Å². The molecule has 0 bridgehead atoms. The van der Waals surface area contributed by atoms with Gasteiger partial charge in [0.25, 0.3) is 5.91 Å². The van der Waals surface area contributed by atoms with Gasteiger partial charge in [0.1, 0.15) is 5.60 Å². The first-order valence-electron chi connectivity index (χ1n) is 4.47. The third-order valence-corrected chi connectivity index (χ3v) is 2.39. The first-order chi connectivity index (χ1) is 5.60. The summed E-state index contributed by atoms with van der Waals surface area (Å²) >= 11 is 0. The van der Waals surface area contributed by atoms with Crippen molar-refractivity contribution in [1.82, 2.24) is 5.32 Å². The second-order valence-corrected chi connectivity index (χ2v) is 3.68. The number of rotatable bonds is 3. The van der Waals surface area contributed by atoms with Gasteiger partial charge in [-0.2, -0.15) is 0 Å². The van der Waals surface area contributed by atoms with Gasteiger partial charge in [0.2, 0.25) is 0 Å². The molecule has 0 aromatic rings. The quantitative estimate of drug-likeness (QED) is 0.690. The van der Waals surface area contributed by atoms with Crippen LogP contribution >= 0.6 is 0 Å². The summed E-state index contributed by atoms with van der Waals surface area (Å²) in [4.78, 5) is 11.6. The summed E-state index contributed by atoms with van der Waals surface area (Å²) in [5.74, 6) is 0.0475. The van der Waals surface area contributed by atoms with Crippen molar-refractivity contribution in [2.45, 2.75) is 44.8 Å². The predicted molar refractivity (Wildman–Crippen MR) is 46.9 cm³/mol. The minimum atomic E-state index is -0.496. The molecule has 1 N–H and O–H groups in total. The molecule has 3 heteroatoms. The molecular formula is C9H17NO2. The Morgan fingerprint density at radius 1 is 1.50 bits per heavy atom. The average molecular weight is 171 g/mol. The molecule has 12 heavy (non-hydrogen) atoms. The fourth-order valence-electron chi connectivity index (χ4n) is 1.42. The van der Waals surface area contributed by atoms with Crippen molar-refractivity contribution in [1.29, 1.82) is 0 Å². The highest BCUT2D eigenvalue weighted by Crippen LogP contribution is 2.35. The molecule has 0 aliphatic heterocycles. The van der Waals surface area contributed by atoms with Gasteiger partial charge in [-0.15, -0.1) is 0 Å². The maximum absolute atomic E-state index is 11.6. The van der Waals surface area contributed by atoms with Crippen molar-refractivity contribution < 1.29 is 9.53 Å². The molecule has 0 aromatic carbocycles. The number of amides is 1. The number of ether oxygens (including phenoxy) is 1. The van der Waals surface area contributed by atoms with E-state index >= 15 is 0 Å². The smallest absolute Gasteiger partial charge is 0.252 e. The van der Waals surface area contributed by atoms with E-state index in [0.717, 1.165) is 19.3 Å². The summed E-state index contributed by atoms with van der Waals surface area (Å²) in [5.41, 5.74) is -0.496. The van der Waals surface area contributed by atoms with Gasteiger partial charge in [0.15, 0.2) is 0 Å². The Bertz CT molecular complexity index is 168. The molecule has 0 saturated heterocycles. The predicted octanol–water partition coefficient (Wildman–Crippen LogP) is 1.08. The zero-order chi connectivity index (χ0) is 9.19. The topological polar surface area (TPSA) is 38.3 Å². The van der Waals surface area contributed by atoms with Crippen LogP contribution in [0.5, 0.6) is 0 Å². The maximum atomic E-state index is 11.6. The highest BCUT2D eigenvalue weighted by atomic mass is 16.5. The largest absolute Gasteiger partial charge is 0.368 e. The average Bonchev–Trinajstić information content (AvgIpc) is 1.83. The van der Waals surface area contributed by atoms with Crippen LogP contribution < -0.4 is 5.32 Å². The van der Waals surface area contributed by atoms with E-state index in [1.54, 1.807) is 7.11 Å². The van der Waals surface area contributed by atoms with Crippen LogP contribution in [0.1, 0.15) is 33.1 Å². The fraction of sp³-hybridized carbons (Fsp3) is 0.889. The minimum Gasteiger partial charge on any atom is -0.368 e. The highest BCUT2D eigenvalue weighted by Gasteiger charge is 2.44. The molecule has 1 aliphatic rings. The Labute approximate surface area is 73.5 Å². The van der Waals surface area contributed by atoms with Crippen LogP contribution in [-0.2, 0) is 9.53 Å². The second kappa shape index (κ2) is 3.44. The van der Waals surface area contributed by atoms with Gasteiger partial charge < -0.3 is 10.1 Å². The molecule has 1 rings (SSSR count). The third-order valence-electron chi connectivity index (χ3n) is 2.39. The summed E-state index contributed by atoms with van der Waals surface area (Å²) < 4.78 is 5.22. The van der Waals surface area contributed by atoms with E-state index < -0.39 is 5.60 Å². The first kappa shape index (κ1) is 9.52. The molecule has 0 radical (unpaired) electrons. The fourth-order valence-corrected chi connectivity index (χ4v) is 1.42. The Kier molecular flexibility index (Phi) is 2.73. The molecule has 0 aromatic heterocycles. The summed E-state index contributed by atoms with van der Waals surface area (Å²) in [6.07, 6.45) is 2.82. The number of hydrogen-bond acceptors (Lipinski definition) is 2. The third kappa shape index (κ3) is 1.61. The van der Waals surface area contributed by atoms with Gasteiger partial charge in [-0.05, 0) is 33.1 Å². The van der Waals surface area contributed by atoms with E-state index in [1.165, 1.54) is 0 Å². The molecule has 0 spiro atoms. The normalized spacial score (nSPS) is 20.3. The second-order valence-electron chi connectivity index (χ2n) is 3.68. The summed E-state index contributed by atoms with van der Waals surface area (Å²) in [5, 5.41) is 2.87. The van der Waals surface area contributed by atoms with Crippen molar-refractivity contribution in [3.8, 4) is 0 Å².